The molecule has 1 amide bonds. The van der Waals surface area contributed by atoms with Gasteiger partial charge in [-0.3, -0.25) is 0 Å². The van der Waals surface area contributed by atoms with E-state index in [4.69, 9.17) is 9.84 Å². The third-order valence-electron chi connectivity index (χ3n) is 4.49. The van der Waals surface area contributed by atoms with Crippen molar-refractivity contribution in [1.29, 1.82) is 0 Å². The van der Waals surface area contributed by atoms with Gasteiger partial charge in [0, 0.05) is 25.7 Å². The molecular weight excluding hydrogens is 282 g/mol. The quantitative estimate of drug-likeness (QED) is 0.929. The van der Waals surface area contributed by atoms with E-state index in [0.29, 0.717) is 25.0 Å². The lowest BCUT2D eigenvalue weighted by atomic mass is 9.93. The lowest BCUT2D eigenvalue weighted by Gasteiger charge is -2.37. The van der Waals surface area contributed by atoms with E-state index < -0.39 is 6.09 Å². The van der Waals surface area contributed by atoms with Crippen LogP contribution in [0.5, 0.6) is 5.75 Å². The van der Waals surface area contributed by atoms with E-state index in [9.17, 15) is 4.79 Å². The Balaban J connectivity index is 1.68. The van der Waals surface area contributed by atoms with Crippen LogP contribution < -0.4 is 9.64 Å². The highest BCUT2D eigenvalue weighted by Crippen LogP contribution is 2.34. The molecule has 0 spiro atoms. The summed E-state index contributed by atoms with van der Waals surface area (Å²) < 4.78 is 5.63. The number of carboxylic acid groups (broad SMARTS) is 1. The molecule has 0 radical (unpaired) electrons. The van der Waals surface area contributed by atoms with Crippen LogP contribution in [0.15, 0.2) is 18.3 Å². The molecule has 0 saturated carbocycles. The minimum absolute atomic E-state index is 0.143. The average molecular weight is 305 g/mol. The van der Waals surface area contributed by atoms with Gasteiger partial charge < -0.3 is 19.6 Å². The van der Waals surface area contributed by atoms with Crippen LogP contribution in [0.1, 0.15) is 26.7 Å². The summed E-state index contributed by atoms with van der Waals surface area (Å²) in [6.45, 7) is 6.19. The molecule has 2 atom stereocenters. The minimum atomic E-state index is -0.801. The zero-order valence-corrected chi connectivity index (χ0v) is 13.1. The Bertz CT molecular complexity index is 532. The number of hydrogen-bond donors (Lipinski definition) is 1. The van der Waals surface area contributed by atoms with E-state index in [1.165, 1.54) is 4.90 Å². The molecule has 120 valence electrons. The monoisotopic (exact) mass is 305 g/mol. The summed E-state index contributed by atoms with van der Waals surface area (Å²) in [5, 5.41) is 9.13. The number of pyridine rings is 1. The zero-order chi connectivity index (χ0) is 15.7. The predicted molar refractivity (Wildman–Crippen MR) is 83.5 cm³/mol. The summed E-state index contributed by atoms with van der Waals surface area (Å²) in [6.07, 6.45) is 3.02. The minimum Gasteiger partial charge on any atom is -0.489 e. The number of fused-ring (bicyclic) bond motifs is 1. The predicted octanol–water partition coefficient (Wildman–Crippen LogP) is 2.45. The average Bonchev–Trinajstić information content (AvgIpc) is 2.90. The first-order chi connectivity index (χ1) is 10.5. The van der Waals surface area contributed by atoms with Gasteiger partial charge in [-0.2, -0.15) is 0 Å². The van der Waals surface area contributed by atoms with Crippen LogP contribution in [0, 0.1) is 5.92 Å². The topological polar surface area (TPSA) is 65.9 Å². The van der Waals surface area contributed by atoms with Crippen LogP contribution in [0.25, 0.3) is 0 Å². The number of aromatic nitrogens is 1. The molecule has 0 aliphatic carbocycles. The fourth-order valence-electron chi connectivity index (χ4n) is 3.53. The number of nitrogens with zero attached hydrogens (tertiary/aromatic N) is 3. The third kappa shape index (κ3) is 2.96. The van der Waals surface area contributed by atoms with Crippen LogP contribution in [-0.4, -0.2) is 52.9 Å². The molecular formula is C16H23N3O3. The number of carbonyl (C=O) groups is 1. The summed E-state index contributed by atoms with van der Waals surface area (Å²) in [6, 6.07) is 4.37. The zero-order valence-electron chi connectivity index (χ0n) is 13.1. The van der Waals surface area contributed by atoms with Gasteiger partial charge in [-0.05, 0) is 44.7 Å². The third-order valence-corrected chi connectivity index (χ3v) is 4.49. The maximum Gasteiger partial charge on any atom is 0.407 e. The molecule has 6 heteroatoms. The van der Waals surface area contributed by atoms with Gasteiger partial charge in [0.2, 0.25) is 0 Å². The Morgan fingerprint density at radius 2 is 2.18 bits per heavy atom. The van der Waals surface area contributed by atoms with Gasteiger partial charge in [0.25, 0.3) is 0 Å². The molecule has 1 N–H and O–H groups in total. The van der Waals surface area contributed by atoms with Crippen molar-refractivity contribution in [2.24, 2.45) is 5.92 Å². The molecule has 1 aromatic rings. The van der Waals surface area contributed by atoms with Crippen LogP contribution >= 0.6 is 0 Å². The van der Waals surface area contributed by atoms with Crippen LogP contribution in [0.4, 0.5) is 10.6 Å². The number of likely N-dealkylation sites (tertiary alicyclic amines) is 1. The number of rotatable bonds is 3. The fourth-order valence-corrected chi connectivity index (χ4v) is 3.53. The highest BCUT2D eigenvalue weighted by atomic mass is 16.5. The van der Waals surface area contributed by atoms with Crippen molar-refractivity contribution in [3.63, 3.8) is 0 Å². The Kier molecular flexibility index (Phi) is 4.09. The molecule has 0 aromatic carbocycles. The van der Waals surface area contributed by atoms with E-state index in [2.05, 4.69) is 9.88 Å². The van der Waals surface area contributed by atoms with Gasteiger partial charge in [-0.15, -0.1) is 0 Å². The summed E-state index contributed by atoms with van der Waals surface area (Å²) in [7, 11) is 0. The number of hydrogen-bond acceptors (Lipinski definition) is 4. The first kappa shape index (κ1) is 14.9. The van der Waals surface area contributed by atoms with E-state index in [1.54, 1.807) is 6.20 Å². The second-order valence-electron chi connectivity index (χ2n) is 6.35. The molecule has 2 aliphatic heterocycles. The Labute approximate surface area is 130 Å². The van der Waals surface area contributed by atoms with Gasteiger partial charge >= 0.3 is 6.09 Å². The number of amides is 1. The molecule has 0 unspecified atom stereocenters. The highest BCUT2D eigenvalue weighted by Gasteiger charge is 2.39. The lowest BCUT2D eigenvalue weighted by molar-refractivity contribution is 0.118. The molecule has 2 fully saturated rings. The van der Waals surface area contributed by atoms with Crippen LogP contribution in [0.2, 0.25) is 0 Å². The summed E-state index contributed by atoms with van der Waals surface area (Å²) >= 11 is 0. The second-order valence-corrected chi connectivity index (χ2v) is 6.35. The van der Waals surface area contributed by atoms with Crippen molar-refractivity contribution < 1.29 is 14.6 Å². The molecule has 2 saturated heterocycles. The Hall–Kier alpha value is -1.98. The number of piperidine rings is 1. The summed E-state index contributed by atoms with van der Waals surface area (Å²) in [4.78, 5) is 19.5. The SMILES string of the molecule is CC(C)Oc1ccc(N2CC[C@@H]3CN(C(=O)O)CC[C@@H]32)nc1. The molecule has 22 heavy (non-hydrogen) atoms. The van der Waals surface area contributed by atoms with Crippen molar-refractivity contribution in [2.45, 2.75) is 38.8 Å². The molecule has 3 heterocycles. The molecule has 2 aliphatic rings. The van der Waals surface area contributed by atoms with Crippen molar-refractivity contribution in [3.05, 3.63) is 18.3 Å². The second kappa shape index (κ2) is 6.02. The van der Waals surface area contributed by atoms with E-state index in [1.807, 2.05) is 26.0 Å². The van der Waals surface area contributed by atoms with Crippen molar-refractivity contribution in [1.82, 2.24) is 9.88 Å². The molecule has 6 nitrogen and oxygen atoms in total. The van der Waals surface area contributed by atoms with Crippen LogP contribution in [-0.2, 0) is 0 Å². The number of ether oxygens (including phenoxy) is 1. The summed E-state index contributed by atoms with van der Waals surface area (Å²) in [5.41, 5.74) is 0. The van der Waals surface area contributed by atoms with Gasteiger partial charge in [-0.25, -0.2) is 9.78 Å². The van der Waals surface area contributed by atoms with E-state index >= 15 is 0 Å². The van der Waals surface area contributed by atoms with Gasteiger partial charge in [0.1, 0.15) is 11.6 Å². The van der Waals surface area contributed by atoms with Crippen LogP contribution in [0.3, 0.4) is 0 Å². The molecule has 3 rings (SSSR count). The van der Waals surface area contributed by atoms with Crippen molar-refractivity contribution in [3.8, 4) is 5.75 Å². The van der Waals surface area contributed by atoms with Gasteiger partial charge in [0.15, 0.2) is 0 Å². The maximum absolute atomic E-state index is 11.1. The fraction of sp³-hybridized carbons (Fsp3) is 0.625. The molecule has 0 bridgehead atoms. The lowest BCUT2D eigenvalue weighted by Crippen LogP contribution is -2.47. The molecule has 1 aromatic heterocycles. The van der Waals surface area contributed by atoms with E-state index in [-0.39, 0.29) is 6.10 Å². The summed E-state index contributed by atoms with van der Waals surface area (Å²) in [5.74, 6) is 2.17. The number of anilines is 1. The maximum atomic E-state index is 11.1. The van der Waals surface area contributed by atoms with Gasteiger partial charge in [-0.1, -0.05) is 0 Å². The van der Waals surface area contributed by atoms with Crippen molar-refractivity contribution in [2.75, 3.05) is 24.5 Å². The highest BCUT2D eigenvalue weighted by molar-refractivity contribution is 5.65. The largest absolute Gasteiger partial charge is 0.489 e. The Morgan fingerprint density at radius 1 is 1.36 bits per heavy atom. The first-order valence-electron chi connectivity index (χ1n) is 7.92. The van der Waals surface area contributed by atoms with E-state index in [0.717, 1.165) is 31.0 Å². The first-order valence-corrected chi connectivity index (χ1v) is 7.92. The van der Waals surface area contributed by atoms with Gasteiger partial charge in [0.05, 0.1) is 12.3 Å². The normalized spacial score (nSPS) is 24.5. The van der Waals surface area contributed by atoms with Crippen molar-refractivity contribution >= 4 is 11.9 Å². The standard InChI is InChI=1S/C16H23N3O3/c1-11(2)22-13-3-4-15(17-9-13)19-8-5-12-10-18(16(20)21)7-6-14(12)19/h3-4,9,11-12,14H,5-8,10H2,1-2H3,(H,20,21)/t12-,14+/m1/s1. The Morgan fingerprint density at radius 3 is 2.82 bits per heavy atom. The smallest absolute Gasteiger partial charge is 0.407 e.